The van der Waals surface area contributed by atoms with Crippen molar-refractivity contribution in [1.82, 2.24) is 0 Å². The molecular weight excluding hydrogens is 320 g/mol. The molecule has 0 aromatic heterocycles. The van der Waals surface area contributed by atoms with Gasteiger partial charge in [0.1, 0.15) is 0 Å². The fraction of sp³-hybridized carbons (Fsp3) is 0.118. The highest BCUT2D eigenvalue weighted by molar-refractivity contribution is 6.32. The lowest BCUT2D eigenvalue weighted by molar-refractivity contribution is 0.104. The van der Waals surface area contributed by atoms with Gasteiger partial charge in [-0.2, -0.15) is 0 Å². The lowest BCUT2D eigenvalue weighted by Crippen LogP contribution is -1.94. The van der Waals surface area contributed by atoms with Crippen LogP contribution in [0.1, 0.15) is 15.9 Å². The second kappa shape index (κ2) is 6.22. The summed E-state index contributed by atoms with van der Waals surface area (Å²) in [5.74, 6) is 1.10. The zero-order valence-corrected chi connectivity index (χ0v) is 13.0. The van der Waals surface area contributed by atoms with Crippen molar-refractivity contribution in [3.05, 3.63) is 52.6 Å². The molecule has 0 radical (unpaired) electrons. The summed E-state index contributed by atoms with van der Waals surface area (Å²) in [6.45, 7) is 0.161. The van der Waals surface area contributed by atoms with E-state index in [1.807, 2.05) is 0 Å². The Labute approximate surface area is 137 Å². The maximum absolute atomic E-state index is 12.2. The summed E-state index contributed by atoms with van der Waals surface area (Å²) in [6.07, 6.45) is 3.01. The zero-order valence-electron chi connectivity index (χ0n) is 12.2. The highest BCUT2D eigenvalue weighted by atomic mass is 35.5. The summed E-state index contributed by atoms with van der Waals surface area (Å²) >= 11 is 5.91. The van der Waals surface area contributed by atoms with Crippen molar-refractivity contribution >= 4 is 23.5 Å². The Balaban J connectivity index is 1.82. The molecule has 6 heteroatoms. The van der Waals surface area contributed by atoms with Gasteiger partial charge in [-0.05, 0) is 42.0 Å². The molecule has 23 heavy (non-hydrogen) atoms. The van der Waals surface area contributed by atoms with E-state index in [1.54, 1.807) is 36.4 Å². The van der Waals surface area contributed by atoms with Crippen LogP contribution in [0.25, 0.3) is 6.08 Å². The van der Waals surface area contributed by atoms with Crippen molar-refractivity contribution in [3.63, 3.8) is 0 Å². The molecule has 0 bridgehead atoms. The number of benzene rings is 2. The average Bonchev–Trinajstić information content (AvgIpc) is 3.03. The van der Waals surface area contributed by atoms with E-state index in [9.17, 15) is 9.90 Å². The number of methoxy groups -OCH3 is 1. The fourth-order valence-electron chi connectivity index (χ4n) is 2.16. The van der Waals surface area contributed by atoms with Crippen molar-refractivity contribution in [2.45, 2.75) is 0 Å². The summed E-state index contributed by atoms with van der Waals surface area (Å²) < 4.78 is 15.5. The SMILES string of the molecule is COc1cc(/C=C/C(=O)c2ccc3c(c2)OCO3)cc(Cl)c1O. The molecule has 0 atom stereocenters. The highest BCUT2D eigenvalue weighted by Crippen LogP contribution is 2.35. The predicted molar refractivity (Wildman–Crippen MR) is 85.6 cm³/mol. The number of phenolic OH excluding ortho intramolecular Hbond substituents is 1. The number of ketones is 1. The Kier molecular flexibility index (Phi) is 4.12. The number of carbonyl (C=O) groups excluding carboxylic acids is 1. The minimum absolute atomic E-state index is 0.131. The molecule has 1 aliphatic heterocycles. The van der Waals surface area contributed by atoms with Crippen LogP contribution in [0, 0.1) is 0 Å². The number of hydrogen-bond donors (Lipinski definition) is 1. The Bertz CT molecular complexity index is 798. The van der Waals surface area contributed by atoms with Gasteiger partial charge in [-0.15, -0.1) is 0 Å². The second-order valence-corrected chi connectivity index (χ2v) is 5.23. The number of ether oxygens (including phenoxy) is 3. The molecule has 0 spiro atoms. The third-order valence-corrected chi connectivity index (χ3v) is 3.64. The number of phenols is 1. The third-order valence-electron chi connectivity index (χ3n) is 3.35. The first-order valence-electron chi connectivity index (χ1n) is 6.77. The van der Waals surface area contributed by atoms with Gasteiger partial charge in [0, 0.05) is 5.56 Å². The second-order valence-electron chi connectivity index (χ2n) is 4.82. The molecule has 0 saturated carbocycles. The topological polar surface area (TPSA) is 65.0 Å². The molecule has 1 aliphatic rings. The van der Waals surface area contributed by atoms with Gasteiger partial charge in [0.2, 0.25) is 6.79 Å². The Morgan fingerprint density at radius 2 is 2.04 bits per heavy atom. The summed E-state index contributed by atoms with van der Waals surface area (Å²) in [5.41, 5.74) is 1.13. The first-order valence-corrected chi connectivity index (χ1v) is 7.15. The largest absolute Gasteiger partial charge is 0.503 e. The predicted octanol–water partition coefficient (Wildman–Crippen LogP) is 3.68. The Hall–Kier alpha value is -2.66. The van der Waals surface area contributed by atoms with Crippen molar-refractivity contribution < 1.29 is 24.1 Å². The minimum Gasteiger partial charge on any atom is -0.503 e. The van der Waals surface area contributed by atoms with Gasteiger partial charge < -0.3 is 19.3 Å². The van der Waals surface area contributed by atoms with Crippen LogP contribution in [-0.2, 0) is 0 Å². The van der Waals surface area contributed by atoms with Gasteiger partial charge in [0.25, 0.3) is 0 Å². The standard InChI is InChI=1S/C17H13ClO5/c1-21-16-7-10(6-12(18)17(16)20)2-4-13(19)11-3-5-14-15(8-11)23-9-22-14/h2-8,20H,9H2,1H3/b4-2+. The third kappa shape index (κ3) is 3.10. The zero-order chi connectivity index (χ0) is 16.4. The average molecular weight is 333 g/mol. The van der Waals surface area contributed by atoms with Gasteiger partial charge in [0.05, 0.1) is 12.1 Å². The fourth-order valence-corrected chi connectivity index (χ4v) is 2.38. The summed E-state index contributed by atoms with van der Waals surface area (Å²) in [4.78, 5) is 12.2. The lowest BCUT2D eigenvalue weighted by Gasteiger charge is -2.06. The van der Waals surface area contributed by atoms with Crippen molar-refractivity contribution in [3.8, 4) is 23.0 Å². The molecule has 118 valence electrons. The molecule has 3 rings (SSSR count). The van der Waals surface area contributed by atoms with Gasteiger partial charge >= 0.3 is 0 Å². The van der Waals surface area contributed by atoms with Crippen LogP contribution in [0.15, 0.2) is 36.4 Å². The quantitative estimate of drug-likeness (QED) is 0.683. The Morgan fingerprint density at radius 3 is 2.83 bits per heavy atom. The van der Waals surface area contributed by atoms with E-state index >= 15 is 0 Å². The van der Waals surface area contributed by atoms with E-state index in [2.05, 4.69) is 0 Å². The number of fused-ring (bicyclic) bond motifs is 1. The monoisotopic (exact) mass is 332 g/mol. The molecule has 1 N–H and O–H groups in total. The van der Waals surface area contributed by atoms with E-state index in [4.69, 9.17) is 25.8 Å². The number of hydrogen-bond acceptors (Lipinski definition) is 5. The van der Waals surface area contributed by atoms with E-state index < -0.39 is 0 Å². The van der Waals surface area contributed by atoms with Crippen molar-refractivity contribution in [1.29, 1.82) is 0 Å². The summed E-state index contributed by atoms with van der Waals surface area (Å²) in [7, 11) is 1.43. The number of allylic oxidation sites excluding steroid dienone is 1. The molecule has 0 aliphatic carbocycles. The highest BCUT2D eigenvalue weighted by Gasteiger charge is 2.15. The van der Waals surface area contributed by atoms with Crippen LogP contribution < -0.4 is 14.2 Å². The van der Waals surface area contributed by atoms with E-state index in [0.717, 1.165) is 0 Å². The first kappa shape index (κ1) is 15.2. The lowest BCUT2D eigenvalue weighted by atomic mass is 10.1. The van der Waals surface area contributed by atoms with Crippen LogP contribution in [0.4, 0.5) is 0 Å². The smallest absolute Gasteiger partial charge is 0.231 e. The van der Waals surface area contributed by atoms with Crippen LogP contribution in [0.2, 0.25) is 5.02 Å². The van der Waals surface area contributed by atoms with Gasteiger partial charge in [0.15, 0.2) is 28.8 Å². The van der Waals surface area contributed by atoms with Gasteiger partial charge in [-0.3, -0.25) is 4.79 Å². The normalized spacial score (nSPS) is 12.6. The molecule has 2 aromatic carbocycles. The number of carbonyl (C=O) groups is 1. The Morgan fingerprint density at radius 1 is 1.26 bits per heavy atom. The van der Waals surface area contributed by atoms with E-state index in [0.29, 0.717) is 22.6 Å². The molecule has 0 unspecified atom stereocenters. The molecule has 0 saturated heterocycles. The van der Waals surface area contributed by atoms with Gasteiger partial charge in [-0.25, -0.2) is 0 Å². The molecular formula is C17H13ClO5. The molecule has 0 amide bonds. The van der Waals surface area contributed by atoms with Crippen LogP contribution >= 0.6 is 11.6 Å². The van der Waals surface area contributed by atoms with E-state index in [1.165, 1.54) is 13.2 Å². The maximum atomic E-state index is 12.2. The summed E-state index contributed by atoms with van der Waals surface area (Å²) in [5, 5.41) is 9.85. The summed E-state index contributed by atoms with van der Waals surface area (Å²) in [6, 6.07) is 8.14. The first-order chi connectivity index (χ1) is 11.1. The van der Waals surface area contributed by atoms with E-state index in [-0.39, 0.29) is 29.1 Å². The minimum atomic E-state index is -0.188. The molecule has 0 fully saturated rings. The van der Waals surface area contributed by atoms with Crippen molar-refractivity contribution in [2.24, 2.45) is 0 Å². The van der Waals surface area contributed by atoms with Crippen LogP contribution in [-0.4, -0.2) is 24.8 Å². The molecule has 1 heterocycles. The number of aromatic hydroxyl groups is 1. The molecule has 2 aromatic rings. The van der Waals surface area contributed by atoms with Gasteiger partial charge in [-0.1, -0.05) is 17.7 Å². The van der Waals surface area contributed by atoms with Crippen LogP contribution in [0.5, 0.6) is 23.0 Å². The maximum Gasteiger partial charge on any atom is 0.231 e. The van der Waals surface area contributed by atoms with Crippen LogP contribution in [0.3, 0.4) is 0 Å². The number of halogens is 1. The molecule has 5 nitrogen and oxygen atoms in total. The van der Waals surface area contributed by atoms with Crippen molar-refractivity contribution in [2.75, 3.05) is 13.9 Å². The number of rotatable bonds is 4.